The number of halogens is 3. The molecular weight excluding hydrogens is 337 g/mol. The van der Waals surface area contributed by atoms with Crippen LogP contribution < -0.4 is 11.1 Å². The first-order valence-electron chi connectivity index (χ1n) is 7.93. The van der Waals surface area contributed by atoms with Crippen LogP contribution in [-0.4, -0.2) is 23.6 Å². The highest BCUT2D eigenvalue weighted by atomic mass is 19.4. The van der Waals surface area contributed by atoms with E-state index < -0.39 is 29.6 Å². The Kier molecular flexibility index (Phi) is 5.81. The van der Waals surface area contributed by atoms with E-state index in [0.29, 0.717) is 19.3 Å². The Morgan fingerprint density at radius 1 is 1.32 bits per heavy atom. The van der Waals surface area contributed by atoms with Gasteiger partial charge in [-0.05, 0) is 30.4 Å². The van der Waals surface area contributed by atoms with E-state index in [9.17, 15) is 27.6 Å². The lowest BCUT2D eigenvalue weighted by Crippen LogP contribution is -2.50. The second kappa shape index (κ2) is 7.67. The van der Waals surface area contributed by atoms with Gasteiger partial charge in [0.2, 0.25) is 11.8 Å². The van der Waals surface area contributed by atoms with E-state index in [4.69, 9.17) is 5.73 Å². The largest absolute Gasteiger partial charge is 0.416 e. The van der Waals surface area contributed by atoms with Gasteiger partial charge >= 0.3 is 6.18 Å². The molecule has 0 aromatic heterocycles. The maximum absolute atomic E-state index is 12.7. The van der Waals surface area contributed by atoms with Crippen LogP contribution in [0.3, 0.4) is 0 Å². The molecule has 0 unspecified atom stereocenters. The normalized spacial score (nSPS) is 19.3. The van der Waals surface area contributed by atoms with Crippen molar-refractivity contribution in [1.29, 1.82) is 0 Å². The Balaban J connectivity index is 2.04. The lowest BCUT2D eigenvalue weighted by atomic mass is 9.82. The van der Waals surface area contributed by atoms with E-state index in [1.807, 2.05) is 0 Å². The molecule has 2 atom stereocenters. The van der Waals surface area contributed by atoms with Gasteiger partial charge < -0.3 is 11.1 Å². The molecule has 1 aliphatic rings. The van der Waals surface area contributed by atoms with Crippen LogP contribution in [0, 0.1) is 5.92 Å². The molecule has 1 fully saturated rings. The molecule has 0 spiro atoms. The predicted molar refractivity (Wildman–Crippen MR) is 83.2 cm³/mol. The predicted octanol–water partition coefficient (Wildman–Crippen LogP) is 1.98. The van der Waals surface area contributed by atoms with E-state index in [1.165, 1.54) is 12.1 Å². The van der Waals surface area contributed by atoms with E-state index in [0.717, 1.165) is 12.1 Å². The first-order chi connectivity index (χ1) is 11.7. The molecule has 1 aliphatic carbocycles. The minimum Gasteiger partial charge on any atom is -0.368 e. The average Bonchev–Trinajstić information content (AvgIpc) is 2.51. The fraction of sp³-hybridized carbons (Fsp3) is 0.471. The van der Waals surface area contributed by atoms with Crippen molar-refractivity contribution in [3.63, 3.8) is 0 Å². The van der Waals surface area contributed by atoms with Crippen molar-refractivity contribution in [2.24, 2.45) is 11.7 Å². The molecule has 0 heterocycles. The second-order valence-corrected chi connectivity index (χ2v) is 6.22. The Morgan fingerprint density at radius 3 is 2.64 bits per heavy atom. The summed E-state index contributed by atoms with van der Waals surface area (Å²) in [6.07, 6.45) is -2.99. The van der Waals surface area contributed by atoms with Crippen LogP contribution >= 0.6 is 0 Å². The molecule has 2 rings (SSSR count). The second-order valence-electron chi connectivity index (χ2n) is 6.22. The van der Waals surface area contributed by atoms with Crippen LogP contribution in [0.5, 0.6) is 0 Å². The minimum atomic E-state index is -4.50. The summed E-state index contributed by atoms with van der Waals surface area (Å²) in [5.74, 6) is -1.72. The van der Waals surface area contributed by atoms with Crippen LogP contribution in [0.2, 0.25) is 0 Å². The van der Waals surface area contributed by atoms with Gasteiger partial charge in [-0.2, -0.15) is 13.2 Å². The number of ketones is 1. The summed E-state index contributed by atoms with van der Waals surface area (Å²) in [7, 11) is 0. The first kappa shape index (κ1) is 19.0. The third-order valence-electron chi connectivity index (χ3n) is 4.23. The number of carbonyl (C=O) groups excluding carboxylic acids is 3. The van der Waals surface area contributed by atoms with Crippen molar-refractivity contribution in [2.45, 2.75) is 44.3 Å². The Morgan fingerprint density at radius 2 is 2.04 bits per heavy atom. The number of rotatable bonds is 5. The maximum atomic E-state index is 12.7. The van der Waals surface area contributed by atoms with E-state index in [2.05, 4.69) is 5.32 Å². The van der Waals surface area contributed by atoms with Gasteiger partial charge in [0.1, 0.15) is 11.8 Å². The quantitative estimate of drug-likeness (QED) is 0.845. The number of nitrogens with one attached hydrogen (secondary N) is 1. The smallest absolute Gasteiger partial charge is 0.368 e. The molecule has 25 heavy (non-hydrogen) atoms. The van der Waals surface area contributed by atoms with Crippen molar-refractivity contribution in [3.05, 3.63) is 35.4 Å². The van der Waals surface area contributed by atoms with Gasteiger partial charge in [0.15, 0.2) is 0 Å². The van der Waals surface area contributed by atoms with Gasteiger partial charge in [-0.15, -0.1) is 0 Å². The van der Waals surface area contributed by atoms with Crippen LogP contribution in [0.1, 0.15) is 36.8 Å². The number of carbonyl (C=O) groups is 3. The standard InChI is InChI=1S/C17H19F3N2O3/c18-17(19,20)12-5-1-3-10(7-12)8-14(24)22-15(16(21)25)11-4-2-6-13(23)9-11/h1,3,5,7,11,15H,2,4,6,8-9H2,(H2,21,25)(H,22,24)/t11-,15-/m1/s1. The monoisotopic (exact) mass is 356 g/mol. The Hall–Kier alpha value is -2.38. The van der Waals surface area contributed by atoms with Crippen molar-refractivity contribution in [1.82, 2.24) is 5.32 Å². The molecule has 1 aromatic rings. The molecule has 0 saturated heterocycles. The maximum Gasteiger partial charge on any atom is 0.416 e. The lowest BCUT2D eigenvalue weighted by molar-refractivity contribution is -0.137. The highest BCUT2D eigenvalue weighted by molar-refractivity contribution is 5.89. The molecular formula is C17H19F3N2O3. The molecule has 1 aromatic carbocycles. The molecule has 1 saturated carbocycles. The zero-order chi connectivity index (χ0) is 18.6. The highest BCUT2D eigenvalue weighted by Gasteiger charge is 2.33. The zero-order valence-electron chi connectivity index (χ0n) is 13.4. The van der Waals surface area contributed by atoms with Crippen LogP contribution in [-0.2, 0) is 27.0 Å². The minimum absolute atomic E-state index is 0.00891. The fourth-order valence-corrected chi connectivity index (χ4v) is 3.03. The third-order valence-corrected chi connectivity index (χ3v) is 4.23. The number of nitrogens with two attached hydrogens (primary N) is 1. The summed E-state index contributed by atoms with van der Waals surface area (Å²) in [5.41, 5.74) is 4.65. The molecule has 0 aliphatic heterocycles. The highest BCUT2D eigenvalue weighted by Crippen LogP contribution is 2.29. The number of alkyl halides is 3. The van der Waals surface area contributed by atoms with Gasteiger partial charge in [0.05, 0.1) is 12.0 Å². The summed E-state index contributed by atoms with van der Waals surface area (Å²) in [4.78, 5) is 35.3. The van der Waals surface area contributed by atoms with E-state index in [1.54, 1.807) is 0 Å². The summed E-state index contributed by atoms with van der Waals surface area (Å²) in [5, 5.41) is 2.47. The van der Waals surface area contributed by atoms with Gasteiger partial charge in [-0.25, -0.2) is 0 Å². The first-order valence-corrected chi connectivity index (χ1v) is 7.93. The molecule has 0 radical (unpaired) electrons. The number of primary amides is 1. The zero-order valence-corrected chi connectivity index (χ0v) is 13.4. The fourth-order valence-electron chi connectivity index (χ4n) is 3.03. The van der Waals surface area contributed by atoms with E-state index in [-0.39, 0.29) is 30.1 Å². The number of hydrogen-bond acceptors (Lipinski definition) is 3. The molecule has 2 amide bonds. The summed E-state index contributed by atoms with van der Waals surface area (Å²) >= 11 is 0. The number of hydrogen-bond donors (Lipinski definition) is 2. The van der Waals surface area contributed by atoms with Crippen molar-refractivity contribution in [2.75, 3.05) is 0 Å². The van der Waals surface area contributed by atoms with Gasteiger partial charge in [0, 0.05) is 12.8 Å². The Labute approximate surface area is 142 Å². The number of benzene rings is 1. The molecule has 3 N–H and O–H groups in total. The lowest BCUT2D eigenvalue weighted by Gasteiger charge is -2.28. The van der Waals surface area contributed by atoms with Gasteiger partial charge in [-0.3, -0.25) is 14.4 Å². The molecule has 5 nitrogen and oxygen atoms in total. The van der Waals surface area contributed by atoms with Crippen LogP contribution in [0.4, 0.5) is 13.2 Å². The average molecular weight is 356 g/mol. The molecule has 8 heteroatoms. The SMILES string of the molecule is NC(=O)[C@H](NC(=O)Cc1cccc(C(F)(F)F)c1)[C@@H]1CCCC(=O)C1. The van der Waals surface area contributed by atoms with Gasteiger partial charge in [0.25, 0.3) is 0 Å². The van der Waals surface area contributed by atoms with Crippen molar-refractivity contribution in [3.8, 4) is 0 Å². The van der Waals surface area contributed by atoms with E-state index >= 15 is 0 Å². The summed E-state index contributed by atoms with van der Waals surface area (Å²) in [6, 6.07) is 3.43. The van der Waals surface area contributed by atoms with Crippen LogP contribution in [0.15, 0.2) is 24.3 Å². The number of amides is 2. The third kappa shape index (κ3) is 5.30. The van der Waals surface area contributed by atoms with Crippen LogP contribution in [0.25, 0.3) is 0 Å². The molecule has 0 bridgehead atoms. The Bertz CT molecular complexity index is 673. The molecule has 136 valence electrons. The number of Topliss-reactive ketones (excluding diaryl/α,β-unsaturated/α-hetero) is 1. The van der Waals surface area contributed by atoms with Gasteiger partial charge in [-0.1, -0.05) is 18.2 Å². The van der Waals surface area contributed by atoms with Crippen molar-refractivity contribution >= 4 is 17.6 Å². The topological polar surface area (TPSA) is 89.3 Å². The summed E-state index contributed by atoms with van der Waals surface area (Å²) in [6.45, 7) is 0. The van der Waals surface area contributed by atoms with Crippen molar-refractivity contribution < 1.29 is 27.6 Å². The summed E-state index contributed by atoms with van der Waals surface area (Å²) < 4.78 is 38.1.